The maximum atomic E-state index is 10.3. The van der Waals surface area contributed by atoms with E-state index in [-0.39, 0.29) is 11.9 Å². The molecule has 0 rings (SSSR count). The molecule has 0 atom stereocenters. The summed E-state index contributed by atoms with van der Waals surface area (Å²) in [5, 5.41) is 8.43. The molecule has 58 valence electrons. The SMILES string of the molecule is C/C=C(/OC(C)C)C(=O)O. The Labute approximate surface area is 60.3 Å². The number of aliphatic carboxylic acids is 1. The molecule has 0 radical (unpaired) electrons. The van der Waals surface area contributed by atoms with E-state index in [0.717, 1.165) is 0 Å². The van der Waals surface area contributed by atoms with E-state index < -0.39 is 5.97 Å². The summed E-state index contributed by atoms with van der Waals surface area (Å²) in [6, 6.07) is 0. The highest BCUT2D eigenvalue weighted by Crippen LogP contribution is 2.01. The van der Waals surface area contributed by atoms with E-state index in [1.807, 2.05) is 0 Å². The summed E-state index contributed by atoms with van der Waals surface area (Å²) in [6.07, 6.45) is 1.35. The number of rotatable bonds is 3. The predicted octanol–water partition coefficient (Wildman–Crippen LogP) is 1.40. The van der Waals surface area contributed by atoms with E-state index in [0.29, 0.717) is 0 Å². The zero-order valence-electron chi connectivity index (χ0n) is 6.42. The molecule has 0 heterocycles. The fourth-order valence-electron chi connectivity index (χ4n) is 0.496. The molecule has 3 nitrogen and oxygen atoms in total. The maximum Gasteiger partial charge on any atom is 0.370 e. The second-order valence-electron chi connectivity index (χ2n) is 2.12. The number of ether oxygens (including phenoxy) is 1. The summed E-state index contributed by atoms with van der Waals surface area (Å²) in [6.45, 7) is 5.20. The van der Waals surface area contributed by atoms with Crippen LogP contribution in [0.5, 0.6) is 0 Å². The Morgan fingerprint density at radius 2 is 2.10 bits per heavy atom. The van der Waals surface area contributed by atoms with Gasteiger partial charge in [0.15, 0.2) is 5.76 Å². The van der Waals surface area contributed by atoms with Crippen LogP contribution in [0.4, 0.5) is 0 Å². The Hall–Kier alpha value is -0.990. The lowest BCUT2D eigenvalue weighted by molar-refractivity contribution is -0.137. The number of allylic oxidation sites excluding steroid dienone is 1. The minimum atomic E-state index is -1.02. The normalized spacial score (nSPS) is 11.8. The molecule has 0 amide bonds. The third-order valence-electron chi connectivity index (χ3n) is 0.836. The van der Waals surface area contributed by atoms with Gasteiger partial charge in [-0.25, -0.2) is 4.79 Å². The van der Waals surface area contributed by atoms with Crippen LogP contribution in [0.3, 0.4) is 0 Å². The first kappa shape index (κ1) is 9.01. The summed E-state index contributed by atoms with van der Waals surface area (Å²) in [5.41, 5.74) is 0. The lowest BCUT2D eigenvalue weighted by Gasteiger charge is -2.08. The lowest BCUT2D eigenvalue weighted by atomic mass is 10.4. The van der Waals surface area contributed by atoms with Crippen LogP contribution in [-0.4, -0.2) is 17.2 Å². The summed E-state index contributed by atoms with van der Waals surface area (Å²) in [5.74, 6) is -1.01. The fourth-order valence-corrected chi connectivity index (χ4v) is 0.496. The van der Waals surface area contributed by atoms with Gasteiger partial charge < -0.3 is 9.84 Å². The van der Waals surface area contributed by atoms with E-state index in [4.69, 9.17) is 9.84 Å². The van der Waals surface area contributed by atoms with Gasteiger partial charge in [0.25, 0.3) is 0 Å². The average Bonchev–Trinajstić information content (AvgIpc) is 1.81. The largest absolute Gasteiger partial charge is 0.484 e. The minimum absolute atomic E-state index is 0.00926. The molecule has 0 aliphatic carbocycles. The van der Waals surface area contributed by atoms with Crippen molar-refractivity contribution in [3.63, 3.8) is 0 Å². The number of carbonyl (C=O) groups is 1. The van der Waals surface area contributed by atoms with Gasteiger partial charge >= 0.3 is 5.97 Å². The van der Waals surface area contributed by atoms with E-state index in [1.54, 1.807) is 20.8 Å². The Balaban J connectivity index is 3.99. The van der Waals surface area contributed by atoms with Crippen LogP contribution in [0.25, 0.3) is 0 Å². The highest BCUT2D eigenvalue weighted by Gasteiger charge is 2.07. The van der Waals surface area contributed by atoms with Gasteiger partial charge in [0.2, 0.25) is 0 Å². The molecule has 0 aliphatic heterocycles. The van der Waals surface area contributed by atoms with Gasteiger partial charge in [0, 0.05) is 0 Å². The Morgan fingerprint density at radius 1 is 1.60 bits per heavy atom. The predicted molar refractivity (Wildman–Crippen MR) is 37.6 cm³/mol. The van der Waals surface area contributed by atoms with Crippen molar-refractivity contribution in [1.82, 2.24) is 0 Å². The average molecular weight is 144 g/mol. The second kappa shape index (κ2) is 3.93. The van der Waals surface area contributed by atoms with Gasteiger partial charge in [-0.2, -0.15) is 0 Å². The quantitative estimate of drug-likeness (QED) is 0.481. The van der Waals surface area contributed by atoms with E-state index in [9.17, 15) is 4.79 Å². The van der Waals surface area contributed by atoms with Crippen molar-refractivity contribution in [3.8, 4) is 0 Å². The molecule has 3 heteroatoms. The van der Waals surface area contributed by atoms with Crippen molar-refractivity contribution < 1.29 is 14.6 Å². The van der Waals surface area contributed by atoms with E-state index in [1.165, 1.54) is 6.08 Å². The molecule has 0 saturated heterocycles. The van der Waals surface area contributed by atoms with Crippen molar-refractivity contribution >= 4 is 5.97 Å². The minimum Gasteiger partial charge on any atom is -0.484 e. The number of carboxylic acids is 1. The number of hydrogen-bond donors (Lipinski definition) is 1. The van der Waals surface area contributed by atoms with E-state index in [2.05, 4.69) is 0 Å². The number of carboxylic acid groups (broad SMARTS) is 1. The van der Waals surface area contributed by atoms with Gasteiger partial charge in [-0.15, -0.1) is 0 Å². The third kappa shape index (κ3) is 3.12. The molecule has 0 unspecified atom stereocenters. The third-order valence-corrected chi connectivity index (χ3v) is 0.836. The van der Waals surface area contributed by atoms with Gasteiger partial charge in [-0.1, -0.05) is 0 Å². The molecule has 0 fully saturated rings. The molecule has 1 N–H and O–H groups in total. The first-order valence-corrected chi connectivity index (χ1v) is 3.14. The smallest absolute Gasteiger partial charge is 0.370 e. The van der Waals surface area contributed by atoms with Crippen molar-refractivity contribution in [3.05, 3.63) is 11.8 Å². The standard InChI is InChI=1S/C7H12O3/c1-4-6(7(8)9)10-5(2)3/h4-5H,1-3H3,(H,8,9)/b6-4+. The summed E-state index contributed by atoms with van der Waals surface area (Å²) in [7, 11) is 0. The van der Waals surface area contributed by atoms with Crippen molar-refractivity contribution in [2.75, 3.05) is 0 Å². The Bertz CT molecular complexity index is 147. The van der Waals surface area contributed by atoms with Crippen LogP contribution in [0.2, 0.25) is 0 Å². The van der Waals surface area contributed by atoms with Crippen molar-refractivity contribution in [2.24, 2.45) is 0 Å². The first-order valence-electron chi connectivity index (χ1n) is 3.14. The van der Waals surface area contributed by atoms with Crippen LogP contribution in [0.15, 0.2) is 11.8 Å². The number of hydrogen-bond acceptors (Lipinski definition) is 2. The van der Waals surface area contributed by atoms with Crippen LogP contribution < -0.4 is 0 Å². The monoisotopic (exact) mass is 144 g/mol. The molecule has 0 bridgehead atoms. The van der Waals surface area contributed by atoms with Crippen molar-refractivity contribution in [1.29, 1.82) is 0 Å². The highest BCUT2D eigenvalue weighted by atomic mass is 16.5. The zero-order chi connectivity index (χ0) is 8.15. The molecule has 0 spiro atoms. The summed E-state index contributed by atoms with van der Waals surface area (Å²) < 4.78 is 4.92. The van der Waals surface area contributed by atoms with Crippen LogP contribution >= 0.6 is 0 Å². The molecule has 0 saturated carbocycles. The zero-order valence-corrected chi connectivity index (χ0v) is 6.42. The maximum absolute atomic E-state index is 10.3. The second-order valence-corrected chi connectivity index (χ2v) is 2.12. The molecular weight excluding hydrogens is 132 g/mol. The first-order chi connectivity index (χ1) is 4.57. The van der Waals surface area contributed by atoms with Crippen LogP contribution in [0.1, 0.15) is 20.8 Å². The molecule has 0 aromatic heterocycles. The van der Waals surface area contributed by atoms with Gasteiger partial charge in [0.05, 0.1) is 6.10 Å². The van der Waals surface area contributed by atoms with Gasteiger partial charge in [-0.05, 0) is 26.8 Å². The molecular formula is C7H12O3. The molecule has 0 aromatic carbocycles. The molecule has 0 aromatic rings. The van der Waals surface area contributed by atoms with Crippen LogP contribution in [-0.2, 0) is 9.53 Å². The summed E-state index contributed by atoms with van der Waals surface area (Å²) >= 11 is 0. The molecule has 10 heavy (non-hydrogen) atoms. The van der Waals surface area contributed by atoms with Gasteiger partial charge in [-0.3, -0.25) is 0 Å². The van der Waals surface area contributed by atoms with Crippen LogP contribution in [0, 0.1) is 0 Å². The summed E-state index contributed by atoms with van der Waals surface area (Å²) in [4.78, 5) is 10.3. The Kier molecular flexibility index (Phi) is 3.54. The highest BCUT2D eigenvalue weighted by molar-refractivity contribution is 5.84. The van der Waals surface area contributed by atoms with Gasteiger partial charge in [0.1, 0.15) is 0 Å². The Morgan fingerprint density at radius 3 is 2.20 bits per heavy atom. The molecule has 0 aliphatic rings. The topological polar surface area (TPSA) is 46.5 Å². The van der Waals surface area contributed by atoms with E-state index >= 15 is 0 Å². The fraction of sp³-hybridized carbons (Fsp3) is 0.571. The van der Waals surface area contributed by atoms with Crippen molar-refractivity contribution in [2.45, 2.75) is 26.9 Å². The lowest BCUT2D eigenvalue weighted by Crippen LogP contribution is -2.09.